The number of carbonyl (C=O) groups excluding carboxylic acids is 2. The van der Waals surface area contributed by atoms with Crippen molar-refractivity contribution in [1.29, 1.82) is 0 Å². The van der Waals surface area contributed by atoms with Crippen molar-refractivity contribution in [3.63, 3.8) is 0 Å². The van der Waals surface area contributed by atoms with Gasteiger partial charge in [0.2, 0.25) is 0 Å². The summed E-state index contributed by atoms with van der Waals surface area (Å²) in [7, 11) is 0. The van der Waals surface area contributed by atoms with Crippen molar-refractivity contribution in [3.8, 4) is 0 Å². The van der Waals surface area contributed by atoms with Crippen molar-refractivity contribution >= 4 is 34.7 Å². The van der Waals surface area contributed by atoms with E-state index in [0.717, 1.165) is 32.1 Å². The second-order valence-corrected chi connectivity index (χ2v) is 7.94. The van der Waals surface area contributed by atoms with Crippen LogP contribution in [0.2, 0.25) is 0 Å². The van der Waals surface area contributed by atoms with Crippen LogP contribution in [0.3, 0.4) is 0 Å². The zero-order chi connectivity index (χ0) is 21.5. The number of hydrogen-bond donors (Lipinski definition) is 1. The van der Waals surface area contributed by atoms with E-state index in [0.29, 0.717) is 10.7 Å². The van der Waals surface area contributed by atoms with Crippen LogP contribution in [0.1, 0.15) is 54.5 Å². The third-order valence-electron chi connectivity index (χ3n) is 4.95. The van der Waals surface area contributed by atoms with Gasteiger partial charge in [0, 0.05) is 29.2 Å². The molecule has 0 radical (unpaired) electrons. The third kappa shape index (κ3) is 5.53. The molecule has 30 heavy (non-hydrogen) atoms. The molecule has 1 aliphatic carbocycles. The Morgan fingerprint density at radius 2 is 1.97 bits per heavy atom. The highest BCUT2D eigenvalue weighted by molar-refractivity contribution is 7.09. The molecule has 1 heterocycles. The van der Waals surface area contributed by atoms with Crippen molar-refractivity contribution in [3.05, 3.63) is 50.5 Å². The zero-order valence-electron chi connectivity index (χ0n) is 16.7. The minimum absolute atomic E-state index is 0.0357. The molecule has 1 aliphatic rings. The predicted octanol–water partition coefficient (Wildman–Crippen LogP) is 4.59. The maximum absolute atomic E-state index is 13.0. The van der Waals surface area contributed by atoms with Crippen LogP contribution in [0.4, 0.5) is 16.2 Å². The van der Waals surface area contributed by atoms with Crippen molar-refractivity contribution in [2.24, 2.45) is 0 Å². The molecule has 0 saturated heterocycles. The maximum atomic E-state index is 13.0. The lowest BCUT2D eigenvalue weighted by atomic mass is 9.94. The number of esters is 1. The molecule has 1 aromatic carbocycles. The molecule has 1 saturated carbocycles. The van der Waals surface area contributed by atoms with Gasteiger partial charge in [0.05, 0.1) is 18.1 Å². The van der Waals surface area contributed by atoms with Crippen LogP contribution < -0.4 is 5.32 Å². The number of urea groups is 1. The predicted molar refractivity (Wildman–Crippen MR) is 113 cm³/mol. The fourth-order valence-corrected chi connectivity index (χ4v) is 4.21. The second-order valence-electron chi connectivity index (χ2n) is 7.00. The number of thiazole rings is 1. The van der Waals surface area contributed by atoms with E-state index in [2.05, 4.69) is 10.3 Å². The van der Waals surface area contributed by atoms with E-state index in [9.17, 15) is 19.7 Å². The summed E-state index contributed by atoms with van der Waals surface area (Å²) in [4.78, 5) is 41.3. The molecular formula is C20H24N4O5S. The number of ether oxygens (including phenoxy) is 1. The summed E-state index contributed by atoms with van der Waals surface area (Å²) >= 11 is 1.32. The molecule has 0 spiro atoms. The number of nitrogens with one attached hydrogen (secondary N) is 1. The number of anilines is 1. The Kier molecular flexibility index (Phi) is 7.34. The summed E-state index contributed by atoms with van der Waals surface area (Å²) in [6.07, 6.45) is 5.07. The first kappa shape index (κ1) is 21.7. The van der Waals surface area contributed by atoms with Gasteiger partial charge < -0.3 is 15.0 Å². The number of aromatic nitrogens is 1. The zero-order valence-corrected chi connectivity index (χ0v) is 17.5. The number of benzene rings is 1. The molecule has 2 amide bonds. The van der Waals surface area contributed by atoms with Crippen LogP contribution in [-0.2, 0) is 11.3 Å². The first-order valence-corrected chi connectivity index (χ1v) is 10.8. The largest absolute Gasteiger partial charge is 0.461 e. The van der Waals surface area contributed by atoms with Gasteiger partial charge in [-0.2, -0.15) is 0 Å². The van der Waals surface area contributed by atoms with Crippen LogP contribution in [0.15, 0.2) is 29.6 Å². The second kappa shape index (κ2) is 10.1. The quantitative estimate of drug-likeness (QED) is 0.389. The summed E-state index contributed by atoms with van der Waals surface area (Å²) in [5, 5.41) is 15.9. The normalized spacial score (nSPS) is 14.2. The summed E-state index contributed by atoms with van der Waals surface area (Å²) in [5.74, 6) is -0.473. The van der Waals surface area contributed by atoms with Crippen LogP contribution in [0.5, 0.6) is 0 Å². The standard InChI is InChI=1S/C20H24N4O5S/c1-2-29-19(25)17-13-30-18(22-17)12-23(15-6-4-3-5-7-15)20(26)21-14-8-10-16(11-9-14)24(27)28/h8-11,13,15H,2-7,12H2,1H3,(H,21,26). The van der Waals surface area contributed by atoms with E-state index in [4.69, 9.17) is 4.74 Å². The molecule has 160 valence electrons. The van der Waals surface area contributed by atoms with Gasteiger partial charge in [-0.1, -0.05) is 19.3 Å². The fraction of sp³-hybridized carbons (Fsp3) is 0.450. The van der Waals surface area contributed by atoms with Crippen molar-refractivity contribution in [1.82, 2.24) is 9.88 Å². The Balaban J connectivity index is 1.74. The third-order valence-corrected chi connectivity index (χ3v) is 5.78. The molecule has 3 rings (SSSR count). The highest BCUT2D eigenvalue weighted by Crippen LogP contribution is 2.26. The van der Waals surface area contributed by atoms with E-state index in [-0.39, 0.29) is 36.6 Å². The first-order valence-electron chi connectivity index (χ1n) is 9.91. The van der Waals surface area contributed by atoms with Gasteiger partial charge in [0.25, 0.3) is 5.69 Å². The Bertz CT molecular complexity index is 893. The van der Waals surface area contributed by atoms with Gasteiger partial charge in [-0.3, -0.25) is 10.1 Å². The van der Waals surface area contributed by atoms with E-state index >= 15 is 0 Å². The molecule has 1 fully saturated rings. The molecule has 9 nitrogen and oxygen atoms in total. The number of nitro groups is 1. The molecular weight excluding hydrogens is 408 g/mol. The Hall–Kier alpha value is -3.01. The lowest BCUT2D eigenvalue weighted by Gasteiger charge is -2.33. The summed E-state index contributed by atoms with van der Waals surface area (Å²) in [5.41, 5.74) is 0.695. The smallest absolute Gasteiger partial charge is 0.357 e. The van der Waals surface area contributed by atoms with Gasteiger partial charge in [0.1, 0.15) is 5.01 Å². The van der Waals surface area contributed by atoms with Crippen molar-refractivity contribution < 1.29 is 19.2 Å². The molecule has 0 unspecified atom stereocenters. The maximum Gasteiger partial charge on any atom is 0.357 e. The fourth-order valence-electron chi connectivity index (χ4n) is 3.45. The van der Waals surface area contributed by atoms with Crippen LogP contribution in [0.25, 0.3) is 0 Å². The Labute approximate surface area is 178 Å². The summed E-state index contributed by atoms with van der Waals surface area (Å²) < 4.78 is 4.98. The number of non-ortho nitro benzene ring substituents is 1. The molecule has 10 heteroatoms. The van der Waals surface area contributed by atoms with Crippen LogP contribution in [-0.4, -0.2) is 39.5 Å². The number of amides is 2. The van der Waals surface area contributed by atoms with Crippen LogP contribution >= 0.6 is 11.3 Å². The van der Waals surface area contributed by atoms with E-state index in [1.165, 1.54) is 35.6 Å². The number of hydrogen-bond acceptors (Lipinski definition) is 7. The number of carbonyl (C=O) groups is 2. The lowest BCUT2D eigenvalue weighted by Crippen LogP contribution is -2.43. The molecule has 2 aromatic rings. The Morgan fingerprint density at radius 1 is 1.27 bits per heavy atom. The first-order chi connectivity index (χ1) is 14.5. The Morgan fingerprint density at radius 3 is 2.60 bits per heavy atom. The molecule has 0 bridgehead atoms. The summed E-state index contributed by atoms with van der Waals surface area (Å²) in [6.45, 7) is 2.30. The number of nitro benzene ring substituents is 1. The molecule has 0 atom stereocenters. The molecule has 1 aromatic heterocycles. The monoisotopic (exact) mass is 432 g/mol. The SMILES string of the molecule is CCOC(=O)c1csc(CN(C(=O)Nc2ccc([N+](=O)[O-])cc2)C2CCCCC2)n1. The van der Waals surface area contributed by atoms with Crippen LogP contribution in [0, 0.1) is 10.1 Å². The number of rotatable bonds is 7. The van der Waals surface area contributed by atoms with Crippen molar-refractivity contribution in [2.45, 2.75) is 51.6 Å². The highest BCUT2D eigenvalue weighted by atomic mass is 32.1. The van der Waals surface area contributed by atoms with E-state index < -0.39 is 10.9 Å². The summed E-state index contributed by atoms with van der Waals surface area (Å²) in [6, 6.07) is 5.52. The van der Waals surface area contributed by atoms with E-state index in [1.807, 2.05) is 0 Å². The topological polar surface area (TPSA) is 115 Å². The lowest BCUT2D eigenvalue weighted by molar-refractivity contribution is -0.384. The highest BCUT2D eigenvalue weighted by Gasteiger charge is 2.27. The molecule has 0 aliphatic heterocycles. The van der Waals surface area contributed by atoms with Crippen molar-refractivity contribution in [2.75, 3.05) is 11.9 Å². The average molecular weight is 433 g/mol. The minimum atomic E-state index is -0.483. The number of nitrogens with zero attached hydrogens (tertiary/aromatic N) is 3. The van der Waals surface area contributed by atoms with Gasteiger partial charge in [-0.25, -0.2) is 14.6 Å². The minimum Gasteiger partial charge on any atom is -0.461 e. The van der Waals surface area contributed by atoms with Gasteiger partial charge >= 0.3 is 12.0 Å². The average Bonchev–Trinajstić information content (AvgIpc) is 3.22. The van der Waals surface area contributed by atoms with Gasteiger partial charge in [0.15, 0.2) is 5.69 Å². The molecule has 1 N–H and O–H groups in total. The van der Waals surface area contributed by atoms with Gasteiger partial charge in [-0.15, -0.1) is 11.3 Å². The van der Waals surface area contributed by atoms with E-state index in [1.54, 1.807) is 17.2 Å². The van der Waals surface area contributed by atoms with Gasteiger partial charge in [-0.05, 0) is 31.9 Å².